The summed E-state index contributed by atoms with van der Waals surface area (Å²) in [6.07, 6.45) is 85.9. The molecule has 1 atom stereocenters. The monoisotopic (exact) mass is 1110 g/mol. The fraction of sp³-hybridized carbons (Fsp3) is 0.849. The van der Waals surface area contributed by atoms with Crippen molar-refractivity contribution in [2.75, 3.05) is 13.2 Å². The fourth-order valence-corrected chi connectivity index (χ4v) is 10.6. The summed E-state index contributed by atoms with van der Waals surface area (Å²) in [6, 6.07) is 0. The van der Waals surface area contributed by atoms with Gasteiger partial charge in [0.1, 0.15) is 13.2 Å². The first-order valence-electron chi connectivity index (χ1n) is 35.1. The number of esters is 3. The number of hydrogen-bond donors (Lipinski definition) is 0. The number of allylic oxidation sites excluding steroid dienone is 8. The summed E-state index contributed by atoms with van der Waals surface area (Å²) in [5.41, 5.74) is 0. The summed E-state index contributed by atoms with van der Waals surface area (Å²) >= 11 is 0. The molecule has 0 aromatic rings. The summed E-state index contributed by atoms with van der Waals surface area (Å²) in [5.74, 6) is -0.867. The predicted octanol–water partition coefficient (Wildman–Crippen LogP) is 24.1. The van der Waals surface area contributed by atoms with Crippen LogP contribution in [0.4, 0.5) is 0 Å². The average molecular weight is 1110 g/mol. The molecule has 0 aliphatic rings. The van der Waals surface area contributed by atoms with E-state index in [0.29, 0.717) is 19.3 Å². The van der Waals surface area contributed by atoms with Gasteiger partial charge >= 0.3 is 17.9 Å². The van der Waals surface area contributed by atoms with Crippen LogP contribution in [-0.4, -0.2) is 37.2 Å². The number of carbonyl (C=O) groups excluding carboxylic acids is 3. The lowest BCUT2D eigenvalue weighted by atomic mass is 10.0. The predicted molar refractivity (Wildman–Crippen MR) is 344 cm³/mol. The van der Waals surface area contributed by atoms with Gasteiger partial charge in [0.15, 0.2) is 6.10 Å². The molecule has 0 saturated carbocycles. The van der Waals surface area contributed by atoms with Crippen LogP contribution in [0.25, 0.3) is 0 Å². The number of unbranched alkanes of at least 4 members (excludes halogenated alkanes) is 46. The lowest BCUT2D eigenvalue weighted by molar-refractivity contribution is -0.167. The van der Waals surface area contributed by atoms with E-state index >= 15 is 0 Å². The molecule has 1 unspecified atom stereocenters. The van der Waals surface area contributed by atoms with E-state index in [0.717, 1.165) is 96.3 Å². The first-order chi connectivity index (χ1) is 39.0. The molecule has 0 radical (unpaired) electrons. The van der Waals surface area contributed by atoms with E-state index in [-0.39, 0.29) is 31.1 Å². The average Bonchev–Trinajstić information content (AvgIpc) is 3.45. The highest BCUT2D eigenvalue weighted by Crippen LogP contribution is 2.19. The Labute approximate surface area is 492 Å². The lowest BCUT2D eigenvalue weighted by Crippen LogP contribution is -2.30. The largest absolute Gasteiger partial charge is 0.462 e. The standard InChI is InChI=1S/C73H134O6/c1-4-7-10-13-16-19-22-24-26-28-30-31-32-33-34-35-36-37-38-39-40-41-42-44-45-47-49-51-54-57-60-63-66-72(75)78-69-70(68-77-71(74)65-62-59-56-53-21-18-15-12-9-6-3)79-73(76)67-64-61-58-55-52-50-48-46-43-29-27-25-23-20-17-14-11-8-5-2/h8,11,17,20,25,27,43,46,70H,4-7,9-10,12-16,18-19,21-24,26,28-42,44-45,47-69H2,1-3H3/b11-8-,20-17-,27-25-,46-43-. The second kappa shape index (κ2) is 67.9. The smallest absolute Gasteiger partial charge is 0.306 e. The molecule has 0 heterocycles. The van der Waals surface area contributed by atoms with Crippen molar-refractivity contribution < 1.29 is 28.6 Å². The van der Waals surface area contributed by atoms with Crippen molar-refractivity contribution >= 4 is 17.9 Å². The molecule has 0 N–H and O–H groups in total. The zero-order valence-corrected chi connectivity index (χ0v) is 53.2. The van der Waals surface area contributed by atoms with Crippen LogP contribution < -0.4 is 0 Å². The van der Waals surface area contributed by atoms with E-state index in [2.05, 4.69) is 69.4 Å². The van der Waals surface area contributed by atoms with Gasteiger partial charge in [-0.25, -0.2) is 0 Å². The summed E-state index contributed by atoms with van der Waals surface area (Å²) in [6.45, 7) is 6.56. The molecule has 0 aliphatic heterocycles. The molecule has 0 rings (SSSR count). The first kappa shape index (κ1) is 76.4. The van der Waals surface area contributed by atoms with Crippen LogP contribution in [0.2, 0.25) is 0 Å². The minimum absolute atomic E-state index is 0.0744. The summed E-state index contributed by atoms with van der Waals surface area (Å²) in [4.78, 5) is 38.3. The normalized spacial score (nSPS) is 12.3. The molecular formula is C73H134O6. The van der Waals surface area contributed by atoms with E-state index < -0.39 is 6.10 Å². The third-order valence-electron chi connectivity index (χ3n) is 15.8. The van der Waals surface area contributed by atoms with Crippen LogP contribution in [-0.2, 0) is 28.6 Å². The molecule has 6 heteroatoms. The van der Waals surface area contributed by atoms with Gasteiger partial charge in [-0.2, -0.15) is 0 Å². The van der Waals surface area contributed by atoms with Gasteiger partial charge < -0.3 is 14.2 Å². The quantitative estimate of drug-likeness (QED) is 0.0261. The van der Waals surface area contributed by atoms with Gasteiger partial charge in [0.25, 0.3) is 0 Å². The number of hydrogen-bond acceptors (Lipinski definition) is 6. The van der Waals surface area contributed by atoms with Crippen molar-refractivity contribution in [1.29, 1.82) is 0 Å². The molecule has 0 spiro atoms. The van der Waals surface area contributed by atoms with E-state index in [4.69, 9.17) is 14.2 Å². The second-order valence-electron chi connectivity index (χ2n) is 23.8. The number of carbonyl (C=O) groups is 3. The molecule has 0 amide bonds. The zero-order valence-electron chi connectivity index (χ0n) is 53.2. The van der Waals surface area contributed by atoms with E-state index in [9.17, 15) is 14.4 Å². The Kier molecular flexibility index (Phi) is 65.6. The molecule has 462 valence electrons. The van der Waals surface area contributed by atoms with Crippen molar-refractivity contribution in [3.8, 4) is 0 Å². The lowest BCUT2D eigenvalue weighted by Gasteiger charge is -2.18. The topological polar surface area (TPSA) is 78.9 Å². The van der Waals surface area contributed by atoms with E-state index in [1.54, 1.807) is 0 Å². The minimum atomic E-state index is -0.778. The maximum Gasteiger partial charge on any atom is 0.306 e. The van der Waals surface area contributed by atoms with Gasteiger partial charge in [-0.05, 0) is 57.8 Å². The van der Waals surface area contributed by atoms with Crippen LogP contribution in [0.5, 0.6) is 0 Å². The molecular weight excluding hydrogens is 973 g/mol. The zero-order chi connectivity index (χ0) is 57.1. The van der Waals surface area contributed by atoms with Crippen molar-refractivity contribution in [3.63, 3.8) is 0 Å². The Balaban J connectivity index is 4.08. The third kappa shape index (κ3) is 66.1. The molecule has 0 aromatic heterocycles. The van der Waals surface area contributed by atoms with Gasteiger partial charge in [-0.3, -0.25) is 14.4 Å². The van der Waals surface area contributed by atoms with Crippen molar-refractivity contribution in [2.45, 2.75) is 386 Å². The first-order valence-corrected chi connectivity index (χ1v) is 35.1. The Morgan fingerprint density at radius 2 is 0.494 bits per heavy atom. The van der Waals surface area contributed by atoms with Crippen LogP contribution in [0, 0.1) is 0 Å². The van der Waals surface area contributed by atoms with Crippen molar-refractivity contribution in [1.82, 2.24) is 0 Å². The highest BCUT2D eigenvalue weighted by molar-refractivity contribution is 5.71. The van der Waals surface area contributed by atoms with Gasteiger partial charge in [-0.1, -0.05) is 352 Å². The SMILES string of the molecule is CC/C=C\C/C=C\C/C=C\C/C=C\CCCCCCCCC(=O)OC(COC(=O)CCCCCCCCCCCC)COC(=O)CCCCCCCCCCCCCCCCCCCCCCCCCCCCCCCCCC. The highest BCUT2D eigenvalue weighted by Gasteiger charge is 2.19. The Morgan fingerprint density at radius 1 is 0.266 bits per heavy atom. The van der Waals surface area contributed by atoms with Crippen molar-refractivity contribution in [2.24, 2.45) is 0 Å². The fourth-order valence-electron chi connectivity index (χ4n) is 10.6. The minimum Gasteiger partial charge on any atom is -0.462 e. The van der Waals surface area contributed by atoms with Crippen LogP contribution in [0.15, 0.2) is 48.6 Å². The Hall–Kier alpha value is -2.63. The van der Waals surface area contributed by atoms with Crippen LogP contribution in [0.3, 0.4) is 0 Å². The molecule has 0 bridgehead atoms. The second-order valence-corrected chi connectivity index (χ2v) is 23.8. The molecule has 0 fully saturated rings. The Bertz CT molecular complexity index is 1360. The van der Waals surface area contributed by atoms with Gasteiger partial charge in [0.2, 0.25) is 0 Å². The molecule has 0 aliphatic carbocycles. The molecule has 6 nitrogen and oxygen atoms in total. The van der Waals surface area contributed by atoms with Gasteiger partial charge in [0.05, 0.1) is 0 Å². The molecule has 79 heavy (non-hydrogen) atoms. The summed E-state index contributed by atoms with van der Waals surface area (Å²) < 4.78 is 16.9. The number of rotatable bonds is 65. The summed E-state index contributed by atoms with van der Waals surface area (Å²) in [5, 5.41) is 0. The maximum atomic E-state index is 12.9. The molecule has 0 aromatic carbocycles. The Morgan fingerprint density at radius 3 is 0.772 bits per heavy atom. The maximum absolute atomic E-state index is 12.9. The number of ether oxygens (including phenoxy) is 3. The third-order valence-corrected chi connectivity index (χ3v) is 15.8. The van der Waals surface area contributed by atoms with Crippen LogP contribution >= 0.6 is 0 Å². The molecule has 0 saturated heterocycles. The van der Waals surface area contributed by atoms with E-state index in [1.807, 2.05) is 0 Å². The van der Waals surface area contributed by atoms with Crippen LogP contribution in [0.1, 0.15) is 380 Å². The van der Waals surface area contributed by atoms with Gasteiger partial charge in [0, 0.05) is 19.3 Å². The summed E-state index contributed by atoms with van der Waals surface area (Å²) in [7, 11) is 0. The van der Waals surface area contributed by atoms with Crippen molar-refractivity contribution in [3.05, 3.63) is 48.6 Å². The van der Waals surface area contributed by atoms with Gasteiger partial charge in [-0.15, -0.1) is 0 Å². The highest BCUT2D eigenvalue weighted by atomic mass is 16.6. The van der Waals surface area contributed by atoms with E-state index in [1.165, 1.54) is 244 Å².